The van der Waals surface area contributed by atoms with Crippen LogP contribution in [0, 0.1) is 11.6 Å². The van der Waals surface area contributed by atoms with Crippen LogP contribution in [-0.4, -0.2) is 22.4 Å². The largest absolute Gasteiger partial charge is 0.401 e. The zero-order chi connectivity index (χ0) is 22.9. The Morgan fingerprint density at radius 2 is 1.64 bits per heavy atom. The Morgan fingerprint density at radius 1 is 0.879 bits per heavy atom. The first-order chi connectivity index (χ1) is 16.0. The Kier molecular flexibility index (Phi) is 5.42. The van der Waals surface area contributed by atoms with Gasteiger partial charge in [0.1, 0.15) is 18.2 Å². The molecule has 0 aliphatic carbocycles. The third-order valence-corrected chi connectivity index (χ3v) is 5.80. The van der Waals surface area contributed by atoms with E-state index in [1.165, 1.54) is 28.8 Å². The number of aromatic nitrogens is 2. The number of nitrogens with zero attached hydrogens (tertiary/aromatic N) is 3. The Labute approximate surface area is 187 Å². The van der Waals surface area contributed by atoms with Crippen LogP contribution < -0.4 is 21.0 Å². The fraction of sp³-hybridized carbons (Fsp3) is 0.200. The molecule has 0 spiro atoms. The highest BCUT2D eigenvalue weighted by atomic mass is 19.1. The number of hydrogen-bond donors (Lipinski definition) is 0. The van der Waals surface area contributed by atoms with E-state index in [0.29, 0.717) is 23.5 Å². The summed E-state index contributed by atoms with van der Waals surface area (Å²) in [5, 5.41) is -0.0348. The van der Waals surface area contributed by atoms with Gasteiger partial charge in [0.25, 0.3) is 5.56 Å². The average Bonchev–Trinajstić information content (AvgIpc) is 3.35. The molecule has 0 saturated carbocycles. The van der Waals surface area contributed by atoms with Gasteiger partial charge in [0.2, 0.25) is 0 Å². The monoisotopic (exact) mass is 449 g/mol. The highest BCUT2D eigenvalue weighted by Crippen LogP contribution is 2.28. The van der Waals surface area contributed by atoms with Crippen LogP contribution in [0.4, 0.5) is 14.5 Å². The van der Waals surface area contributed by atoms with Crippen molar-refractivity contribution in [3.8, 4) is 5.69 Å². The predicted octanol–water partition coefficient (Wildman–Crippen LogP) is 3.66. The Morgan fingerprint density at radius 3 is 2.36 bits per heavy atom. The lowest BCUT2D eigenvalue weighted by molar-refractivity contribution is 0.0789. The molecule has 168 valence electrons. The van der Waals surface area contributed by atoms with E-state index in [1.807, 2.05) is 23.1 Å². The molecule has 0 unspecified atom stereocenters. The highest BCUT2D eigenvalue weighted by Gasteiger charge is 2.22. The molecule has 5 rings (SSSR count). The van der Waals surface area contributed by atoms with Crippen molar-refractivity contribution in [1.29, 1.82) is 0 Å². The van der Waals surface area contributed by atoms with E-state index in [9.17, 15) is 14.0 Å². The third-order valence-electron chi connectivity index (χ3n) is 5.80. The summed E-state index contributed by atoms with van der Waals surface area (Å²) in [4.78, 5) is 34.1. The lowest BCUT2D eigenvalue weighted by Gasteiger charge is -2.21. The van der Waals surface area contributed by atoms with E-state index in [1.54, 1.807) is 18.2 Å². The molecule has 0 bridgehead atoms. The first kappa shape index (κ1) is 20.9. The summed E-state index contributed by atoms with van der Waals surface area (Å²) in [5.74, 6) is -1.10. The topological polar surface area (TPSA) is 56.5 Å². The van der Waals surface area contributed by atoms with Gasteiger partial charge in [0.15, 0.2) is 0 Å². The summed E-state index contributed by atoms with van der Waals surface area (Å²) in [7, 11) is 0. The number of anilines is 1. The Hall–Kier alpha value is -3.94. The van der Waals surface area contributed by atoms with Gasteiger partial charge in [-0.15, -0.1) is 0 Å². The second-order valence-electron chi connectivity index (χ2n) is 7.97. The molecule has 0 atom stereocenters. The van der Waals surface area contributed by atoms with E-state index in [4.69, 9.17) is 4.84 Å². The molecule has 1 aliphatic heterocycles. The second kappa shape index (κ2) is 8.54. The van der Waals surface area contributed by atoms with Crippen LogP contribution in [0.2, 0.25) is 0 Å². The van der Waals surface area contributed by atoms with Gasteiger partial charge in [-0.25, -0.2) is 13.6 Å². The van der Waals surface area contributed by atoms with E-state index in [0.717, 1.165) is 24.5 Å². The van der Waals surface area contributed by atoms with E-state index >= 15 is 4.39 Å². The standard InChI is InChI=1S/C25H21F2N3O3/c26-18-9-6-10-19(13-18)29-22-15-23(28-11-4-5-12-28)21(27)14-20(22)24(31)30(25(29)32)33-16-17-7-2-1-3-8-17/h1-3,6-10,13-15H,4-5,11-12,16H2. The first-order valence-corrected chi connectivity index (χ1v) is 10.7. The lowest BCUT2D eigenvalue weighted by atomic mass is 10.2. The second-order valence-corrected chi connectivity index (χ2v) is 7.97. The summed E-state index contributed by atoms with van der Waals surface area (Å²) in [5.41, 5.74) is -0.110. The first-order valence-electron chi connectivity index (χ1n) is 10.7. The van der Waals surface area contributed by atoms with Crippen LogP contribution in [0.15, 0.2) is 76.3 Å². The number of halogens is 2. The summed E-state index contributed by atoms with van der Waals surface area (Å²) in [6.45, 7) is 1.33. The average molecular weight is 449 g/mol. The van der Waals surface area contributed by atoms with E-state index < -0.39 is 22.9 Å². The SMILES string of the molecule is O=c1c2cc(F)c(N3CCCC3)cc2n(-c2cccc(F)c2)c(=O)n1OCc1ccccc1. The minimum atomic E-state index is -0.798. The molecule has 1 saturated heterocycles. The van der Waals surface area contributed by atoms with Crippen LogP contribution in [0.1, 0.15) is 18.4 Å². The van der Waals surface area contributed by atoms with Crippen LogP contribution in [0.3, 0.4) is 0 Å². The van der Waals surface area contributed by atoms with Gasteiger partial charge in [-0.1, -0.05) is 41.1 Å². The molecular weight excluding hydrogens is 428 g/mol. The van der Waals surface area contributed by atoms with Gasteiger partial charge in [-0.2, -0.15) is 0 Å². The van der Waals surface area contributed by atoms with Gasteiger partial charge < -0.3 is 9.74 Å². The summed E-state index contributed by atoms with van der Waals surface area (Å²) in [6, 6.07) is 17.1. The Bertz CT molecular complexity index is 1440. The zero-order valence-corrected chi connectivity index (χ0v) is 17.7. The third kappa shape index (κ3) is 3.88. The Balaban J connectivity index is 1.74. The molecular formula is C25H21F2N3O3. The minimum Gasteiger partial charge on any atom is -0.401 e. The molecule has 6 nitrogen and oxygen atoms in total. The zero-order valence-electron chi connectivity index (χ0n) is 17.7. The van der Waals surface area contributed by atoms with Gasteiger partial charge in [0.05, 0.1) is 22.3 Å². The minimum absolute atomic E-state index is 0.0348. The molecule has 8 heteroatoms. The molecule has 2 heterocycles. The van der Waals surface area contributed by atoms with Crippen molar-refractivity contribution >= 4 is 16.6 Å². The number of hydrogen-bond acceptors (Lipinski definition) is 4. The van der Waals surface area contributed by atoms with E-state index in [2.05, 4.69) is 0 Å². The summed E-state index contributed by atoms with van der Waals surface area (Å²) in [6.07, 6.45) is 1.87. The normalized spacial score (nSPS) is 13.6. The number of fused-ring (bicyclic) bond motifs is 1. The van der Waals surface area contributed by atoms with E-state index in [-0.39, 0.29) is 23.2 Å². The maximum absolute atomic E-state index is 15.1. The lowest BCUT2D eigenvalue weighted by Crippen LogP contribution is -2.43. The van der Waals surface area contributed by atoms with Crippen LogP contribution >= 0.6 is 0 Å². The molecule has 33 heavy (non-hydrogen) atoms. The highest BCUT2D eigenvalue weighted by molar-refractivity contribution is 5.84. The molecule has 0 N–H and O–H groups in total. The molecule has 3 aromatic carbocycles. The number of rotatable bonds is 5. The van der Waals surface area contributed by atoms with Crippen molar-refractivity contribution in [2.45, 2.75) is 19.4 Å². The van der Waals surface area contributed by atoms with Crippen LogP contribution in [-0.2, 0) is 6.61 Å². The quantitative estimate of drug-likeness (QED) is 0.467. The van der Waals surface area contributed by atoms with Crippen molar-refractivity contribution in [3.05, 3.63) is 105 Å². The van der Waals surface area contributed by atoms with Gasteiger partial charge in [0, 0.05) is 13.1 Å². The maximum Gasteiger partial charge on any atom is 0.369 e. The van der Waals surface area contributed by atoms with Crippen LogP contribution in [0.25, 0.3) is 16.6 Å². The molecule has 0 radical (unpaired) electrons. The molecule has 0 amide bonds. The summed E-state index contributed by atoms with van der Waals surface area (Å²) >= 11 is 0. The van der Waals surface area contributed by atoms with Gasteiger partial charge >= 0.3 is 5.69 Å². The van der Waals surface area contributed by atoms with Crippen molar-refractivity contribution in [2.24, 2.45) is 0 Å². The van der Waals surface area contributed by atoms with Crippen molar-refractivity contribution in [3.63, 3.8) is 0 Å². The maximum atomic E-state index is 15.1. The predicted molar refractivity (Wildman–Crippen MR) is 122 cm³/mol. The van der Waals surface area contributed by atoms with Crippen molar-refractivity contribution < 1.29 is 13.6 Å². The fourth-order valence-corrected chi connectivity index (χ4v) is 4.19. The van der Waals surface area contributed by atoms with Crippen LogP contribution in [0.5, 0.6) is 0 Å². The summed E-state index contributed by atoms with van der Waals surface area (Å²) < 4.78 is 30.9. The molecule has 1 aliphatic rings. The fourth-order valence-electron chi connectivity index (χ4n) is 4.19. The van der Waals surface area contributed by atoms with Crippen molar-refractivity contribution in [1.82, 2.24) is 9.30 Å². The molecule has 1 fully saturated rings. The molecule has 4 aromatic rings. The van der Waals surface area contributed by atoms with Gasteiger partial charge in [-0.3, -0.25) is 9.36 Å². The van der Waals surface area contributed by atoms with Crippen molar-refractivity contribution in [2.75, 3.05) is 18.0 Å². The van der Waals surface area contributed by atoms with Gasteiger partial charge in [-0.05, 0) is 48.7 Å². The smallest absolute Gasteiger partial charge is 0.369 e. The number of benzene rings is 3. The molecule has 1 aromatic heterocycles.